The number of ether oxygens (including phenoxy) is 2. The number of rotatable bonds is 16. The van der Waals surface area contributed by atoms with Crippen LogP contribution in [0.2, 0.25) is 0 Å². The topological polar surface area (TPSA) is 266 Å². The molecular weight excluding hydrogens is 820 g/mol. The van der Waals surface area contributed by atoms with Crippen LogP contribution in [0.25, 0.3) is 6.08 Å². The molecule has 0 heterocycles. The molecule has 0 spiro atoms. The van der Waals surface area contributed by atoms with E-state index in [0.29, 0.717) is 23.2 Å². The molecule has 63 heavy (non-hydrogen) atoms. The summed E-state index contributed by atoms with van der Waals surface area (Å²) >= 11 is 0. The fourth-order valence-corrected chi connectivity index (χ4v) is 5.97. The van der Waals surface area contributed by atoms with Gasteiger partial charge in [0.05, 0.1) is 43.6 Å². The van der Waals surface area contributed by atoms with Crippen molar-refractivity contribution >= 4 is 64.3 Å². The Bertz CT molecular complexity index is 2640. The van der Waals surface area contributed by atoms with Gasteiger partial charge < -0.3 is 51.4 Å². The van der Waals surface area contributed by atoms with Gasteiger partial charge in [-0.1, -0.05) is 19.1 Å². The Hall–Kier alpha value is -8.72. The number of aromatic carboxylic acids is 1. The molecule has 0 bridgehead atoms. The van der Waals surface area contributed by atoms with E-state index in [0.717, 1.165) is 13.2 Å². The second-order valence-electron chi connectivity index (χ2n) is 13.4. The third-order valence-electron chi connectivity index (χ3n) is 9.26. The Balaban J connectivity index is 1.19. The van der Waals surface area contributed by atoms with Crippen LogP contribution in [0.1, 0.15) is 66.8 Å². The lowest BCUT2D eigenvalue weighted by Crippen LogP contribution is -2.43. The summed E-state index contributed by atoms with van der Waals surface area (Å²) in [7, 11) is 2.35. The van der Waals surface area contributed by atoms with Gasteiger partial charge in [0.15, 0.2) is 23.0 Å². The number of anilines is 4. The van der Waals surface area contributed by atoms with Crippen molar-refractivity contribution in [2.45, 2.75) is 25.8 Å². The molecule has 0 aliphatic carbocycles. The van der Waals surface area contributed by atoms with Crippen LogP contribution in [-0.4, -0.2) is 71.1 Å². The number of hydrogen-bond donors (Lipinski definition) is 8. The molecule has 0 aromatic heterocycles. The van der Waals surface area contributed by atoms with E-state index < -0.39 is 58.5 Å². The van der Waals surface area contributed by atoms with Crippen molar-refractivity contribution in [3.63, 3.8) is 0 Å². The molecule has 5 aromatic rings. The number of nitriles is 1. The van der Waals surface area contributed by atoms with E-state index in [9.17, 15) is 53.7 Å². The highest BCUT2D eigenvalue weighted by atomic mass is 19.1. The first-order chi connectivity index (χ1) is 30.2. The van der Waals surface area contributed by atoms with Gasteiger partial charge >= 0.3 is 5.97 Å². The summed E-state index contributed by atoms with van der Waals surface area (Å²) in [4.78, 5) is 76.8. The number of carboxylic acid groups (broad SMARTS) is 1. The van der Waals surface area contributed by atoms with Crippen molar-refractivity contribution in [3.05, 3.63) is 136 Å². The lowest BCUT2D eigenvalue weighted by atomic mass is 10.1. The molecule has 5 aromatic carbocycles. The number of halogens is 1. The molecule has 0 radical (unpaired) electrons. The second kappa shape index (κ2) is 20.5. The third kappa shape index (κ3) is 11.1. The number of carbonyl (C=O) groups is 6. The minimum atomic E-state index is -1.43. The number of benzene rings is 5. The van der Waals surface area contributed by atoms with Crippen LogP contribution in [0, 0.1) is 17.1 Å². The van der Waals surface area contributed by atoms with Crippen LogP contribution in [0.5, 0.6) is 23.0 Å². The van der Waals surface area contributed by atoms with Crippen LogP contribution < -0.4 is 36.1 Å². The second-order valence-corrected chi connectivity index (χ2v) is 13.4. The largest absolute Gasteiger partial charge is 0.504 e. The number of nitrogens with zero attached hydrogens (tertiary/aromatic N) is 1. The number of carboxylic acids is 1. The fourth-order valence-electron chi connectivity index (χ4n) is 5.97. The molecular formula is C45H39FN6O11. The predicted octanol–water partition coefficient (Wildman–Crippen LogP) is 6.54. The highest BCUT2D eigenvalue weighted by molar-refractivity contribution is 6.11. The zero-order chi connectivity index (χ0) is 45.8. The molecule has 8 N–H and O–H groups in total. The first-order valence-corrected chi connectivity index (χ1v) is 18.8. The quantitative estimate of drug-likeness (QED) is 0.0492. The Morgan fingerprint density at radius 3 is 1.71 bits per heavy atom. The molecule has 18 heteroatoms. The number of phenols is 2. The van der Waals surface area contributed by atoms with E-state index in [4.69, 9.17) is 9.47 Å². The summed E-state index contributed by atoms with van der Waals surface area (Å²) in [6, 6.07) is 22.4. The lowest BCUT2D eigenvalue weighted by molar-refractivity contribution is -0.118. The van der Waals surface area contributed by atoms with E-state index in [1.54, 1.807) is 25.1 Å². The summed E-state index contributed by atoms with van der Waals surface area (Å²) in [6.45, 7) is 1.80. The molecule has 0 saturated carbocycles. The summed E-state index contributed by atoms with van der Waals surface area (Å²) in [5.74, 6) is -7.14. The van der Waals surface area contributed by atoms with E-state index >= 15 is 0 Å². The fraction of sp³-hybridized carbons (Fsp3) is 0.133. The van der Waals surface area contributed by atoms with Crippen LogP contribution in [0.15, 0.2) is 103 Å². The van der Waals surface area contributed by atoms with Gasteiger partial charge in [0.25, 0.3) is 23.6 Å². The standard InChI is InChI=1S/C45H39FN6O11/c1-4-25(23-24-5-11-28(46)12-6-24)40(55)48-29-13-7-27(8-14-29)42(57)52-35(21-22-47)44(59)49-30-15-9-26(10-16-30)41(56)50-33-19-17-31(36(53)38(33)62-2)43(58)51-34-20-18-32(45(60)61)37(54)39(34)63-3/h5-20,23,35,53-54H,4,21H2,1-3H3,(H,48,55)(H,49,59)(H,50,56)(H,51,58)(H,52,57)(H,60,61). The van der Waals surface area contributed by atoms with E-state index in [1.807, 2.05) is 6.07 Å². The zero-order valence-corrected chi connectivity index (χ0v) is 33.7. The maximum absolute atomic E-state index is 13.3. The van der Waals surface area contributed by atoms with E-state index in [1.165, 1.54) is 86.0 Å². The van der Waals surface area contributed by atoms with Crippen LogP contribution in [0.3, 0.4) is 0 Å². The Kier molecular flexibility index (Phi) is 14.8. The molecule has 0 aliphatic heterocycles. The van der Waals surface area contributed by atoms with Crippen molar-refractivity contribution in [2.24, 2.45) is 0 Å². The minimum Gasteiger partial charge on any atom is -0.504 e. The van der Waals surface area contributed by atoms with Gasteiger partial charge in [-0.2, -0.15) is 5.26 Å². The third-order valence-corrected chi connectivity index (χ3v) is 9.26. The maximum Gasteiger partial charge on any atom is 0.339 e. The van der Waals surface area contributed by atoms with Gasteiger partial charge in [-0.3, -0.25) is 24.0 Å². The molecule has 5 amide bonds. The van der Waals surface area contributed by atoms with Gasteiger partial charge in [-0.25, -0.2) is 9.18 Å². The maximum atomic E-state index is 13.3. The summed E-state index contributed by atoms with van der Waals surface area (Å²) in [5, 5.41) is 52.7. The molecule has 1 unspecified atom stereocenters. The summed E-state index contributed by atoms with van der Waals surface area (Å²) in [6.07, 6.45) is 1.67. The van der Waals surface area contributed by atoms with Crippen molar-refractivity contribution in [2.75, 3.05) is 35.5 Å². The smallest absolute Gasteiger partial charge is 0.339 e. The first-order valence-electron chi connectivity index (χ1n) is 18.8. The Morgan fingerprint density at radius 2 is 1.19 bits per heavy atom. The van der Waals surface area contributed by atoms with Crippen molar-refractivity contribution < 1.29 is 58.0 Å². The molecule has 0 aliphatic rings. The Labute approximate surface area is 358 Å². The van der Waals surface area contributed by atoms with Crippen molar-refractivity contribution in [1.29, 1.82) is 5.26 Å². The molecule has 0 fully saturated rings. The van der Waals surface area contributed by atoms with E-state index in [-0.39, 0.29) is 57.6 Å². The molecule has 322 valence electrons. The molecule has 1 atom stereocenters. The molecule has 0 saturated heterocycles. The SMILES string of the molecule is CCC(=Cc1ccc(F)cc1)C(=O)Nc1ccc(C(=O)NC(CC#N)C(=O)Nc2ccc(C(=O)Nc3ccc(C(=O)Nc4ccc(C(=O)O)c(O)c4OC)c(O)c3OC)cc2)cc1. The molecule has 5 rings (SSSR count). The van der Waals surface area contributed by atoms with Crippen molar-refractivity contribution in [3.8, 4) is 29.1 Å². The number of amides is 5. The number of nitrogens with one attached hydrogen (secondary N) is 5. The van der Waals surface area contributed by atoms with Crippen LogP contribution >= 0.6 is 0 Å². The highest BCUT2D eigenvalue weighted by Gasteiger charge is 2.25. The number of methoxy groups -OCH3 is 2. The average Bonchev–Trinajstić information content (AvgIpc) is 3.26. The van der Waals surface area contributed by atoms with Gasteiger partial charge in [-0.15, -0.1) is 0 Å². The van der Waals surface area contributed by atoms with Gasteiger partial charge in [-0.05, 0) is 103 Å². The highest BCUT2D eigenvalue weighted by Crippen LogP contribution is 2.40. The number of carbonyl (C=O) groups excluding carboxylic acids is 5. The van der Waals surface area contributed by atoms with Gasteiger partial charge in [0, 0.05) is 28.1 Å². The molecule has 17 nitrogen and oxygen atoms in total. The number of aromatic hydroxyl groups is 2. The van der Waals surface area contributed by atoms with Crippen molar-refractivity contribution in [1.82, 2.24) is 5.32 Å². The van der Waals surface area contributed by atoms with Gasteiger partial charge in [0.2, 0.25) is 5.91 Å². The van der Waals surface area contributed by atoms with E-state index in [2.05, 4.69) is 26.6 Å². The number of phenolic OH excluding ortho intramolecular Hbond substituents is 1. The predicted molar refractivity (Wildman–Crippen MR) is 228 cm³/mol. The van der Waals surface area contributed by atoms with Crippen LogP contribution in [-0.2, 0) is 9.59 Å². The average molecular weight is 859 g/mol. The minimum absolute atomic E-state index is 0.0225. The van der Waals surface area contributed by atoms with Gasteiger partial charge in [0.1, 0.15) is 17.4 Å². The monoisotopic (exact) mass is 858 g/mol. The van der Waals surface area contributed by atoms with Crippen LogP contribution in [0.4, 0.5) is 27.1 Å². The zero-order valence-electron chi connectivity index (χ0n) is 33.7. The summed E-state index contributed by atoms with van der Waals surface area (Å²) < 4.78 is 23.6. The normalized spacial score (nSPS) is 11.3. The number of hydrogen-bond acceptors (Lipinski definition) is 11. The first kappa shape index (κ1) is 45.4. The lowest BCUT2D eigenvalue weighted by Gasteiger charge is -2.17. The summed E-state index contributed by atoms with van der Waals surface area (Å²) in [5.41, 5.74) is 1.06. The Morgan fingerprint density at radius 1 is 0.683 bits per heavy atom.